The number of benzene rings is 1. The molecule has 1 rings (SSSR count). The third kappa shape index (κ3) is 5.60. The number of rotatable bonds is 3. The van der Waals surface area contributed by atoms with Crippen LogP contribution in [-0.4, -0.2) is 11.4 Å². The molecule has 0 fully saturated rings. The summed E-state index contributed by atoms with van der Waals surface area (Å²) in [5.41, 5.74) is 1.90. The number of aromatic hydroxyl groups is 1. The summed E-state index contributed by atoms with van der Waals surface area (Å²) < 4.78 is 0. The molecule has 0 amide bonds. The monoisotopic (exact) mass is 216 g/mol. The zero-order valence-electron chi connectivity index (χ0n) is 9.39. The van der Waals surface area contributed by atoms with E-state index in [0.717, 1.165) is 17.4 Å². The molecule has 16 heavy (non-hydrogen) atoms. The third-order valence-corrected chi connectivity index (χ3v) is 1.67. The number of hydrogen-bond donors (Lipinski definition) is 1. The average molecular weight is 216 g/mol. The first-order valence-corrected chi connectivity index (χ1v) is 4.83. The molecule has 2 heteroatoms. The highest BCUT2D eigenvalue weighted by Gasteiger charge is 1.93. The van der Waals surface area contributed by atoms with Crippen LogP contribution in [0, 0.1) is 0 Å². The first-order valence-electron chi connectivity index (χ1n) is 4.83. The van der Waals surface area contributed by atoms with Gasteiger partial charge in [-0.25, -0.2) is 0 Å². The summed E-state index contributed by atoms with van der Waals surface area (Å²) in [7, 11) is 0. The van der Waals surface area contributed by atoms with Gasteiger partial charge in [0.25, 0.3) is 0 Å². The summed E-state index contributed by atoms with van der Waals surface area (Å²) in [6, 6.07) is 6.93. The summed E-state index contributed by atoms with van der Waals surface area (Å²) in [5.74, 6) is 0.268. The van der Waals surface area contributed by atoms with E-state index in [-0.39, 0.29) is 5.75 Å². The highest BCUT2D eigenvalue weighted by Crippen LogP contribution is 2.17. The number of hydrogen-bond acceptors (Lipinski definition) is 2. The van der Waals surface area contributed by atoms with Gasteiger partial charge in [-0.3, -0.25) is 0 Å². The van der Waals surface area contributed by atoms with Gasteiger partial charge in [0.2, 0.25) is 0 Å². The normalized spacial score (nSPS) is 9.06. The number of phenolic OH excluding ortho intramolecular Hbond substituents is 1. The van der Waals surface area contributed by atoms with Crippen molar-refractivity contribution in [3.05, 3.63) is 61.2 Å². The molecule has 1 aromatic rings. The Morgan fingerprint density at radius 1 is 1.31 bits per heavy atom. The Morgan fingerprint density at radius 2 is 1.81 bits per heavy atom. The van der Waals surface area contributed by atoms with Crippen molar-refractivity contribution in [1.29, 1.82) is 0 Å². The fourth-order valence-corrected chi connectivity index (χ4v) is 0.956. The predicted octanol–water partition coefficient (Wildman–Crippen LogP) is 3.35. The first-order chi connectivity index (χ1) is 7.65. The molecule has 0 spiro atoms. The maximum atomic E-state index is 9.05. The molecule has 1 aromatic carbocycles. The maximum Gasteiger partial charge on any atom is 0.116 e. The van der Waals surface area contributed by atoms with Gasteiger partial charge in [0, 0.05) is 0 Å². The zero-order valence-corrected chi connectivity index (χ0v) is 9.39. The van der Waals surface area contributed by atoms with Crippen LogP contribution in [-0.2, 0) is 4.79 Å². The van der Waals surface area contributed by atoms with Gasteiger partial charge in [-0.1, -0.05) is 43.5 Å². The van der Waals surface area contributed by atoms with Gasteiger partial charge in [0.05, 0.1) is 0 Å². The number of allylic oxidation sites excluding steroid dienone is 4. The van der Waals surface area contributed by atoms with E-state index < -0.39 is 0 Å². The Morgan fingerprint density at radius 3 is 2.25 bits per heavy atom. The Kier molecular flexibility index (Phi) is 7.16. The van der Waals surface area contributed by atoms with Crippen LogP contribution >= 0.6 is 0 Å². The van der Waals surface area contributed by atoms with Gasteiger partial charge in [-0.15, -0.1) is 0 Å². The van der Waals surface area contributed by atoms with E-state index in [9.17, 15) is 0 Å². The molecule has 0 atom stereocenters. The SMILES string of the molecule is C=C/C=C\C(=C)c1ccc(O)cc1.CC=O. The Hall–Kier alpha value is -2.09. The standard InChI is InChI=1S/C12H12O.C2H4O/c1-3-4-5-10(2)11-6-8-12(13)9-7-11;1-2-3/h3-9,13H,1-2H2;2H,1H3/b5-4-;. The zero-order chi connectivity index (χ0) is 12.4. The van der Waals surface area contributed by atoms with Crippen LogP contribution in [0.2, 0.25) is 0 Å². The van der Waals surface area contributed by atoms with E-state index >= 15 is 0 Å². The second-order valence-corrected chi connectivity index (χ2v) is 2.90. The number of aldehydes is 1. The van der Waals surface area contributed by atoms with Crippen molar-refractivity contribution < 1.29 is 9.90 Å². The molecular weight excluding hydrogens is 200 g/mol. The Bertz CT molecular complexity index is 372. The van der Waals surface area contributed by atoms with Crippen molar-refractivity contribution in [1.82, 2.24) is 0 Å². The molecule has 0 saturated carbocycles. The van der Waals surface area contributed by atoms with Gasteiger partial charge in [-0.2, -0.15) is 0 Å². The van der Waals surface area contributed by atoms with Crippen molar-refractivity contribution in [2.24, 2.45) is 0 Å². The fourth-order valence-electron chi connectivity index (χ4n) is 0.956. The van der Waals surface area contributed by atoms with E-state index in [0.29, 0.717) is 0 Å². The molecule has 0 radical (unpaired) electrons. The highest BCUT2D eigenvalue weighted by atomic mass is 16.3. The third-order valence-electron chi connectivity index (χ3n) is 1.67. The molecule has 0 aromatic heterocycles. The van der Waals surface area contributed by atoms with Crippen LogP contribution in [0.5, 0.6) is 5.75 Å². The van der Waals surface area contributed by atoms with Crippen LogP contribution in [0.4, 0.5) is 0 Å². The summed E-state index contributed by atoms with van der Waals surface area (Å²) in [5, 5.41) is 9.05. The lowest BCUT2D eigenvalue weighted by molar-refractivity contribution is -0.106. The van der Waals surface area contributed by atoms with Crippen molar-refractivity contribution in [2.75, 3.05) is 0 Å². The van der Waals surface area contributed by atoms with Gasteiger partial charge < -0.3 is 9.90 Å². The lowest BCUT2D eigenvalue weighted by Gasteiger charge is -1.99. The number of carbonyl (C=O) groups is 1. The second-order valence-electron chi connectivity index (χ2n) is 2.90. The first kappa shape index (κ1) is 13.9. The van der Waals surface area contributed by atoms with Crippen molar-refractivity contribution in [3.8, 4) is 5.75 Å². The van der Waals surface area contributed by atoms with Gasteiger partial charge in [0.15, 0.2) is 0 Å². The van der Waals surface area contributed by atoms with E-state index in [2.05, 4.69) is 13.2 Å². The van der Waals surface area contributed by atoms with E-state index in [1.165, 1.54) is 6.92 Å². The van der Waals surface area contributed by atoms with Crippen LogP contribution < -0.4 is 0 Å². The van der Waals surface area contributed by atoms with Gasteiger partial charge >= 0.3 is 0 Å². The second kappa shape index (κ2) is 8.24. The van der Waals surface area contributed by atoms with Crippen LogP contribution in [0.3, 0.4) is 0 Å². The fraction of sp³-hybridized carbons (Fsp3) is 0.0714. The molecule has 0 saturated heterocycles. The van der Waals surface area contributed by atoms with E-state index in [1.807, 2.05) is 24.3 Å². The molecule has 1 N–H and O–H groups in total. The topological polar surface area (TPSA) is 37.3 Å². The molecule has 0 heterocycles. The molecule has 0 aliphatic carbocycles. The minimum Gasteiger partial charge on any atom is -0.508 e. The number of carbonyl (C=O) groups excluding carboxylic acids is 1. The van der Waals surface area contributed by atoms with Crippen molar-refractivity contribution in [3.63, 3.8) is 0 Å². The molecule has 84 valence electrons. The molecule has 0 unspecified atom stereocenters. The van der Waals surface area contributed by atoms with Crippen LogP contribution in [0.15, 0.2) is 55.7 Å². The Labute approximate surface area is 96.2 Å². The van der Waals surface area contributed by atoms with E-state index in [1.54, 1.807) is 18.2 Å². The maximum absolute atomic E-state index is 9.05. The van der Waals surface area contributed by atoms with Crippen LogP contribution in [0.1, 0.15) is 12.5 Å². The number of phenols is 1. The molecule has 0 aliphatic heterocycles. The average Bonchev–Trinajstić information content (AvgIpc) is 2.28. The Balaban J connectivity index is 0.000000673. The largest absolute Gasteiger partial charge is 0.508 e. The summed E-state index contributed by atoms with van der Waals surface area (Å²) >= 11 is 0. The predicted molar refractivity (Wildman–Crippen MR) is 68.2 cm³/mol. The van der Waals surface area contributed by atoms with Crippen molar-refractivity contribution >= 4 is 11.9 Å². The highest BCUT2D eigenvalue weighted by molar-refractivity contribution is 5.72. The summed E-state index contributed by atoms with van der Waals surface area (Å²) in [6.07, 6.45) is 6.15. The minimum absolute atomic E-state index is 0.268. The summed E-state index contributed by atoms with van der Waals surface area (Å²) in [4.78, 5) is 8.81. The lowest BCUT2D eigenvalue weighted by Crippen LogP contribution is -1.76. The van der Waals surface area contributed by atoms with Gasteiger partial charge in [-0.05, 0) is 30.2 Å². The molecule has 2 nitrogen and oxygen atoms in total. The van der Waals surface area contributed by atoms with E-state index in [4.69, 9.17) is 9.90 Å². The van der Waals surface area contributed by atoms with Crippen molar-refractivity contribution in [2.45, 2.75) is 6.92 Å². The molecule has 0 bridgehead atoms. The minimum atomic E-state index is 0.268. The van der Waals surface area contributed by atoms with Gasteiger partial charge in [0.1, 0.15) is 12.0 Å². The smallest absolute Gasteiger partial charge is 0.116 e. The molecule has 0 aliphatic rings. The summed E-state index contributed by atoms with van der Waals surface area (Å²) in [6.45, 7) is 8.89. The quantitative estimate of drug-likeness (QED) is 0.621. The lowest BCUT2D eigenvalue weighted by atomic mass is 10.1. The molecular formula is C14H16O2. The van der Waals surface area contributed by atoms with Crippen LogP contribution in [0.25, 0.3) is 5.57 Å².